The predicted octanol–water partition coefficient (Wildman–Crippen LogP) is 0.963. The summed E-state index contributed by atoms with van der Waals surface area (Å²) in [7, 11) is -0.0886. The predicted molar refractivity (Wildman–Crippen MR) is 102 cm³/mol. The van der Waals surface area contributed by atoms with Crippen LogP contribution in [0.1, 0.15) is 35.6 Å². The fourth-order valence-electron chi connectivity index (χ4n) is 3.14. The molecule has 11 heteroatoms. The molecular formula is C16H24N6O3S2. The number of carbonyl (C=O) groups is 1. The molecule has 1 fully saturated rings. The van der Waals surface area contributed by atoms with Crippen LogP contribution < -0.4 is 5.32 Å². The van der Waals surface area contributed by atoms with Gasteiger partial charge in [-0.25, -0.2) is 8.42 Å². The van der Waals surface area contributed by atoms with E-state index in [0.29, 0.717) is 36.5 Å². The fourth-order valence-corrected chi connectivity index (χ4v) is 4.88. The standard InChI is InChI=1S/C16H24N6O3S2/c1-20-11-12(27(24,25)22-8-4-3-5-9-22)10-13(20)15(23)17-7-6-14-18-19-16(26)21(14)2/h10-11H,3-9H2,1-2H3,(H,17,23)(H,19,26). The largest absolute Gasteiger partial charge is 0.350 e. The highest BCUT2D eigenvalue weighted by molar-refractivity contribution is 7.89. The van der Waals surface area contributed by atoms with Gasteiger partial charge in [0.15, 0.2) is 4.77 Å². The third kappa shape index (κ3) is 4.14. The maximum absolute atomic E-state index is 12.8. The van der Waals surface area contributed by atoms with Gasteiger partial charge in [-0.05, 0) is 31.1 Å². The second kappa shape index (κ2) is 7.95. The third-order valence-electron chi connectivity index (χ3n) is 4.77. The molecule has 0 radical (unpaired) electrons. The van der Waals surface area contributed by atoms with Crippen molar-refractivity contribution in [1.29, 1.82) is 0 Å². The molecule has 148 valence electrons. The Morgan fingerprint density at radius 2 is 2.00 bits per heavy atom. The molecule has 1 amide bonds. The minimum Gasteiger partial charge on any atom is -0.350 e. The summed E-state index contributed by atoms with van der Waals surface area (Å²) in [5, 5.41) is 9.59. The topological polar surface area (TPSA) is 105 Å². The molecule has 0 unspecified atom stereocenters. The summed E-state index contributed by atoms with van der Waals surface area (Å²) < 4.78 is 30.8. The van der Waals surface area contributed by atoms with Gasteiger partial charge in [0.05, 0.1) is 0 Å². The summed E-state index contributed by atoms with van der Waals surface area (Å²) in [6, 6.07) is 1.44. The number of sulfonamides is 1. The van der Waals surface area contributed by atoms with E-state index >= 15 is 0 Å². The van der Waals surface area contributed by atoms with Crippen LogP contribution in [-0.2, 0) is 30.5 Å². The Balaban J connectivity index is 1.67. The van der Waals surface area contributed by atoms with Gasteiger partial charge in [-0.3, -0.25) is 9.89 Å². The Hall–Kier alpha value is -1.98. The number of hydrogen-bond acceptors (Lipinski definition) is 5. The van der Waals surface area contributed by atoms with E-state index in [0.717, 1.165) is 25.1 Å². The molecule has 0 spiro atoms. The highest BCUT2D eigenvalue weighted by Gasteiger charge is 2.28. The average Bonchev–Trinajstić information content (AvgIpc) is 3.20. The van der Waals surface area contributed by atoms with Gasteiger partial charge < -0.3 is 14.5 Å². The van der Waals surface area contributed by atoms with Gasteiger partial charge in [0.1, 0.15) is 16.4 Å². The molecule has 27 heavy (non-hydrogen) atoms. The van der Waals surface area contributed by atoms with Crippen molar-refractivity contribution in [1.82, 2.24) is 29.0 Å². The van der Waals surface area contributed by atoms with Crippen molar-refractivity contribution < 1.29 is 13.2 Å². The van der Waals surface area contributed by atoms with E-state index < -0.39 is 10.0 Å². The Morgan fingerprint density at radius 3 is 2.63 bits per heavy atom. The van der Waals surface area contributed by atoms with Crippen molar-refractivity contribution >= 4 is 28.1 Å². The van der Waals surface area contributed by atoms with Gasteiger partial charge in [0.2, 0.25) is 10.0 Å². The number of piperidine rings is 1. The maximum Gasteiger partial charge on any atom is 0.267 e. The van der Waals surface area contributed by atoms with Crippen LogP contribution in [0, 0.1) is 4.77 Å². The molecule has 1 aliphatic heterocycles. The summed E-state index contributed by atoms with van der Waals surface area (Å²) >= 11 is 5.05. The highest BCUT2D eigenvalue weighted by atomic mass is 32.2. The van der Waals surface area contributed by atoms with Crippen LogP contribution in [0.3, 0.4) is 0 Å². The van der Waals surface area contributed by atoms with Crippen LogP contribution in [0.5, 0.6) is 0 Å². The number of aromatic amines is 1. The fraction of sp³-hybridized carbons (Fsp3) is 0.562. The lowest BCUT2D eigenvalue weighted by atomic mass is 10.2. The Morgan fingerprint density at radius 1 is 1.30 bits per heavy atom. The van der Waals surface area contributed by atoms with Gasteiger partial charge in [0.25, 0.3) is 5.91 Å². The van der Waals surface area contributed by atoms with Gasteiger partial charge in [-0.1, -0.05) is 6.42 Å². The normalized spacial score (nSPS) is 15.8. The number of rotatable bonds is 6. The molecule has 2 N–H and O–H groups in total. The number of nitrogens with zero attached hydrogens (tertiary/aromatic N) is 4. The van der Waals surface area contributed by atoms with E-state index in [4.69, 9.17) is 12.2 Å². The van der Waals surface area contributed by atoms with E-state index in [1.54, 1.807) is 23.2 Å². The van der Waals surface area contributed by atoms with E-state index in [1.807, 2.05) is 0 Å². The van der Waals surface area contributed by atoms with E-state index in [1.165, 1.54) is 16.6 Å². The van der Waals surface area contributed by atoms with Crippen molar-refractivity contribution in [2.75, 3.05) is 19.6 Å². The number of aryl methyl sites for hydroxylation is 1. The smallest absolute Gasteiger partial charge is 0.267 e. The van der Waals surface area contributed by atoms with E-state index in [2.05, 4.69) is 15.5 Å². The monoisotopic (exact) mass is 412 g/mol. The van der Waals surface area contributed by atoms with Gasteiger partial charge in [0, 0.05) is 46.3 Å². The summed E-state index contributed by atoms with van der Waals surface area (Å²) in [4.78, 5) is 12.6. The third-order valence-corrected chi connectivity index (χ3v) is 7.00. The molecule has 9 nitrogen and oxygen atoms in total. The van der Waals surface area contributed by atoms with Crippen LogP contribution in [0.2, 0.25) is 0 Å². The molecule has 0 saturated carbocycles. The first kappa shape index (κ1) is 19.8. The molecule has 0 bridgehead atoms. The van der Waals surface area contributed by atoms with Crippen LogP contribution in [0.4, 0.5) is 0 Å². The second-order valence-electron chi connectivity index (χ2n) is 6.65. The van der Waals surface area contributed by atoms with Crippen LogP contribution in [0.25, 0.3) is 0 Å². The zero-order chi connectivity index (χ0) is 19.6. The van der Waals surface area contributed by atoms with E-state index in [-0.39, 0.29) is 10.8 Å². The van der Waals surface area contributed by atoms with Crippen molar-refractivity contribution in [2.45, 2.75) is 30.6 Å². The number of amides is 1. The second-order valence-corrected chi connectivity index (χ2v) is 8.97. The number of carbonyl (C=O) groups excluding carboxylic acids is 1. The first-order valence-corrected chi connectivity index (χ1v) is 10.7. The summed E-state index contributed by atoms with van der Waals surface area (Å²) in [5.41, 5.74) is 0.306. The van der Waals surface area contributed by atoms with Crippen LogP contribution >= 0.6 is 12.2 Å². The lowest BCUT2D eigenvalue weighted by Gasteiger charge is -2.25. The lowest BCUT2D eigenvalue weighted by molar-refractivity contribution is 0.0945. The summed E-state index contributed by atoms with van der Waals surface area (Å²) in [6.07, 6.45) is 4.80. The Bertz CT molecular complexity index is 982. The molecule has 1 aliphatic rings. The van der Waals surface area contributed by atoms with Crippen molar-refractivity contribution in [3.63, 3.8) is 0 Å². The minimum absolute atomic E-state index is 0.159. The molecule has 0 atom stereocenters. The average molecular weight is 413 g/mol. The Kier molecular flexibility index (Phi) is 5.82. The zero-order valence-electron chi connectivity index (χ0n) is 15.4. The van der Waals surface area contributed by atoms with Gasteiger partial charge >= 0.3 is 0 Å². The lowest BCUT2D eigenvalue weighted by Crippen LogP contribution is -2.35. The summed E-state index contributed by atoms with van der Waals surface area (Å²) in [5.74, 6) is 0.412. The molecule has 1 saturated heterocycles. The van der Waals surface area contributed by atoms with Crippen molar-refractivity contribution in [3.05, 3.63) is 28.6 Å². The number of hydrogen-bond donors (Lipinski definition) is 2. The van der Waals surface area contributed by atoms with Gasteiger partial charge in [-0.15, -0.1) is 0 Å². The van der Waals surface area contributed by atoms with Crippen LogP contribution in [-0.4, -0.2) is 57.6 Å². The van der Waals surface area contributed by atoms with Crippen LogP contribution in [0.15, 0.2) is 17.2 Å². The van der Waals surface area contributed by atoms with E-state index in [9.17, 15) is 13.2 Å². The van der Waals surface area contributed by atoms with Crippen molar-refractivity contribution in [2.24, 2.45) is 14.1 Å². The molecular weight excluding hydrogens is 388 g/mol. The van der Waals surface area contributed by atoms with Gasteiger partial charge in [-0.2, -0.15) is 9.40 Å². The minimum atomic E-state index is -3.56. The molecule has 3 heterocycles. The maximum atomic E-state index is 12.8. The molecule has 0 aliphatic carbocycles. The number of nitrogens with one attached hydrogen (secondary N) is 2. The van der Waals surface area contributed by atoms with Crippen molar-refractivity contribution in [3.8, 4) is 0 Å². The summed E-state index contributed by atoms with van der Waals surface area (Å²) in [6.45, 7) is 1.43. The molecule has 2 aromatic heterocycles. The molecule has 2 aromatic rings. The zero-order valence-corrected chi connectivity index (χ0v) is 17.1. The first-order valence-electron chi connectivity index (χ1n) is 8.85. The Labute approximate surface area is 163 Å². The highest BCUT2D eigenvalue weighted by Crippen LogP contribution is 2.22. The molecule has 3 rings (SSSR count). The number of H-pyrrole nitrogens is 1. The number of aromatic nitrogens is 4. The first-order chi connectivity index (χ1) is 12.8. The molecule has 0 aromatic carbocycles. The SMILES string of the molecule is Cn1cc(S(=O)(=O)N2CCCCC2)cc1C(=O)NCCc1n[nH]c(=S)n1C. The quantitative estimate of drug-likeness (QED) is 0.688.